The van der Waals surface area contributed by atoms with Gasteiger partial charge in [-0.25, -0.2) is 14.6 Å². The van der Waals surface area contributed by atoms with Crippen molar-refractivity contribution in [3.05, 3.63) is 70.3 Å². The Balaban J connectivity index is 1.39. The van der Waals surface area contributed by atoms with Gasteiger partial charge >= 0.3 is 0 Å². The third-order valence-electron chi connectivity index (χ3n) is 4.15. The zero-order valence-electron chi connectivity index (χ0n) is 16.3. The number of oxime groups is 1. The average Bonchev–Trinajstić information content (AvgIpc) is 3.42. The molecular formula is C20H20N6O2S. The highest BCUT2D eigenvalue weighted by atomic mass is 32.1. The molecule has 0 fully saturated rings. The zero-order chi connectivity index (χ0) is 20.4. The number of nitrogens with zero attached hydrogens (tertiary/aromatic N) is 5. The predicted molar refractivity (Wildman–Crippen MR) is 111 cm³/mol. The SMILES string of the molecule is Cc1cc(C)n(-c2ccc(/C(N)=N/OCc3csc(-c4ccc(C)o4)n3)cn2)n1. The summed E-state index contributed by atoms with van der Waals surface area (Å²) in [7, 11) is 0. The smallest absolute Gasteiger partial charge is 0.171 e. The van der Waals surface area contributed by atoms with E-state index in [1.54, 1.807) is 10.9 Å². The lowest BCUT2D eigenvalue weighted by atomic mass is 10.2. The van der Waals surface area contributed by atoms with Gasteiger partial charge in [0.15, 0.2) is 29.0 Å². The van der Waals surface area contributed by atoms with E-state index in [0.717, 1.165) is 39.4 Å². The first kappa shape index (κ1) is 18.9. The van der Waals surface area contributed by atoms with Crippen molar-refractivity contribution in [2.45, 2.75) is 27.4 Å². The minimum Gasteiger partial charge on any atom is -0.459 e. The maximum Gasteiger partial charge on any atom is 0.171 e. The van der Waals surface area contributed by atoms with Crippen molar-refractivity contribution in [1.82, 2.24) is 19.7 Å². The lowest BCUT2D eigenvalue weighted by Crippen LogP contribution is -2.15. The van der Waals surface area contributed by atoms with Gasteiger partial charge in [0.05, 0.1) is 11.4 Å². The Kier molecular flexibility index (Phi) is 5.13. The molecule has 2 N–H and O–H groups in total. The number of aromatic nitrogens is 4. The summed E-state index contributed by atoms with van der Waals surface area (Å²) in [6, 6.07) is 9.48. The normalized spacial score (nSPS) is 11.8. The molecular weight excluding hydrogens is 388 g/mol. The summed E-state index contributed by atoms with van der Waals surface area (Å²) in [6.45, 7) is 6.04. The molecule has 4 heterocycles. The molecule has 0 unspecified atom stereocenters. The Bertz CT molecular complexity index is 1160. The van der Waals surface area contributed by atoms with Gasteiger partial charge in [0.2, 0.25) is 0 Å². The number of nitrogens with two attached hydrogens (primary N) is 1. The van der Waals surface area contributed by atoms with Gasteiger partial charge in [0.25, 0.3) is 0 Å². The molecule has 148 valence electrons. The Hall–Kier alpha value is -3.46. The van der Waals surface area contributed by atoms with Crippen LogP contribution in [0.2, 0.25) is 0 Å². The molecule has 0 atom stereocenters. The molecule has 29 heavy (non-hydrogen) atoms. The standard InChI is InChI=1S/C20H20N6O2S/c1-12-8-13(2)26(24-12)18-7-5-15(9-22-18)19(21)25-27-10-16-11-29-20(23-16)17-6-4-14(3)28-17/h4-9,11H,10H2,1-3H3,(H2,21,25). The number of amidine groups is 1. The summed E-state index contributed by atoms with van der Waals surface area (Å²) >= 11 is 1.49. The highest BCUT2D eigenvalue weighted by Gasteiger charge is 2.09. The molecule has 0 spiro atoms. The van der Waals surface area contributed by atoms with Crippen LogP contribution in [0.5, 0.6) is 0 Å². The summed E-state index contributed by atoms with van der Waals surface area (Å²) in [6.07, 6.45) is 1.65. The van der Waals surface area contributed by atoms with Crippen molar-refractivity contribution in [1.29, 1.82) is 0 Å². The topological polar surface area (TPSA) is 104 Å². The number of pyridine rings is 1. The van der Waals surface area contributed by atoms with E-state index in [2.05, 4.69) is 20.2 Å². The Labute approximate surface area is 171 Å². The van der Waals surface area contributed by atoms with E-state index in [9.17, 15) is 0 Å². The van der Waals surface area contributed by atoms with Crippen molar-refractivity contribution in [3.63, 3.8) is 0 Å². The van der Waals surface area contributed by atoms with Gasteiger partial charge in [0, 0.05) is 22.8 Å². The third kappa shape index (κ3) is 4.19. The van der Waals surface area contributed by atoms with Crippen molar-refractivity contribution in [2.75, 3.05) is 0 Å². The first-order valence-corrected chi connectivity index (χ1v) is 9.84. The van der Waals surface area contributed by atoms with Crippen LogP contribution in [0.15, 0.2) is 51.5 Å². The first-order valence-electron chi connectivity index (χ1n) is 8.96. The maximum absolute atomic E-state index is 6.01. The molecule has 0 aliphatic heterocycles. The maximum atomic E-state index is 6.01. The van der Waals surface area contributed by atoms with Crippen LogP contribution in [0.1, 0.15) is 28.4 Å². The summed E-state index contributed by atoms with van der Waals surface area (Å²) < 4.78 is 7.36. The summed E-state index contributed by atoms with van der Waals surface area (Å²) in [5.74, 6) is 2.56. The quantitative estimate of drug-likeness (QED) is 0.296. The van der Waals surface area contributed by atoms with E-state index in [1.165, 1.54) is 11.3 Å². The molecule has 0 aromatic carbocycles. The van der Waals surface area contributed by atoms with Crippen LogP contribution in [0.3, 0.4) is 0 Å². The van der Waals surface area contributed by atoms with Crippen LogP contribution in [0.4, 0.5) is 0 Å². The molecule has 4 aromatic rings. The second-order valence-electron chi connectivity index (χ2n) is 6.55. The fourth-order valence-electron chi connectivity index (χ4n) is 2.78. The van der Waals surface area contributed by atoms with Gasteiger partial charge in [-0.1, -0.05) is 5.16 Å². The highest BCUT2D eigenvalue weighted by Crippen LogP contribution is 2.25. The minimum absolute atomic E-state index is 0.216. The number of thiazole rings is 1. The average molecular weight is 408 g/mol. The molecule has 8 nitrogen and oxygen atoms in total. The number of furan rings is 1. The summed E-state index contributed by atoms with van der Waals surface area (Å²) in [4.78, 5) is 14.3. The lowest BCUT2D eigenvalue weighted by Gasteiger charge is -2.05. The Morgan fingerprint density at radius 3 is 2.76 bits per heavy atom. The van der Waals surface area contributed by atoms with E-state index in [4.69, 9.17) is 15.0 Å². The van der Waals surface area contributed by atoms with E-state index in [0.29, 0.717) is 5.56 Å². The molecule has 0 radical (unpaired) electrons. The van der Waals surface area contributed by atoms with Gasteiger partial charge in [-0.3, -0.25) is 0 Å². The van der Waals surface area contributed by atoms with Crippen molar-refractivity contribution >= 4 is 17.2 Å². The molecule has 0 aliphatic carbocycles. The van der Waals surface area contributed by atoms with Crippen LogP contribution in [-0.4, -0.2) is 25.6 Å². The second kappa shape index (κ2) is 7.88. The molecule has 0 saturated heterocycles. The van der Waals surface area contributed by atoms with E-state index < -0.39 is 0 Å². The number of aryl methyl sites for hydroxylation is 3. The fraction of sp³-hybridized carbons (Fsp3) is 0.200. The largest absolute Gasteiger partial charge is 0.459 e. The molecule has 0 saturated carbocycles. The minimum atomic E-state index is 0.216. The van der Waals surface area contributed by atoms with E-state index in [1.807, 2.05) is 56.5 Å². The van der Waals surface area contributed by atoms with Crippen molar-refractivity contribution in [2.24, 2.45) is 10.9 Å². The second-order valence-corrected chi connectivity index (χ2v) is 7.41. The summed E-state index contributed by atoms with van der Waals surface area (Å²) in [5.41, 5.74) is 9.39. The number of hydrogen-bond donors (Lipinski definition) is 1. The van der Waals surface area contributed by atoms with Gasteiger partial charge in [-0.15, -0.1) is 11.3 Å². The van der Waals surface area contributed by atoms with Gasteiger partial charge < -0.3 is 15.0 Å². The van der Waals surface area contributed by atoms with Crippen LogP contribution in [-0.2, 0) is 11.4 Å². The van der Waals surface area contributed by atoms with Crippen LogP contribution in [0, 0.1) is 20.8 Å². The first-order chi connectivity index (χ1) is 14.0. The molecule has 9 heteroatoms. The van der Waals surface area contributed by atoms with Gasteiger partial charge in [0.1, 0.15) is 5.76 Å². The van der Waals surface area contributed by atoms with Crippen LogP contribution < -0.4 is 5.73 Å². The van der Waals surface area contributed by atoms with Crippen molar-refractivity contribution in [3.8, 4) is 16.6 Å². The summed E-state index contributed by atoms with van der Waals surface area (Å²) in [5, 5.41) is 11.1. The van der Waals surface area contributed by atoms with Gasteiger partial charge in [-0.2, -0.15) is 5.10 Å². The highest BCUT2D eigenvalue weighted by molar-refractivity contribution is 7.13. The lowest BCUT2D eigenvalue weighted by molar-refractivity contribution is 0.128. The molecule has 4 aromatic heterocycles. The number of hydrogen-bond acceptors (Lipinski definition) is 7. The van der Waals surface area contributed by atoms with Crippen molar-refractivity contribution < 1.29 is 9.25 Å². The molecule has 0 amide bonds. The van der Waals surface area contributed by atoms with Crippen LogP contribution in [0.25, 0.3) is 16.6 Å². The molecule has 0 aliphatic rings. The monoisotopic (exact) mass is 408 g/mol. The molecule has 0 bridgehead atoms. The Morgan fingerprint density at radius 1 is 1.24 bits per heavy atom. The Morgan fingerprint density at radius 2 is 2.10 bits per heavy atom. The van der Waals surface area contributed by atoms with Gasteiger partial charge in [-0.05, 0) is 51.1 Å². The number of rotatable bonds is 6. The fourth-order valence-corrected chi connectivity index (χ4v) is 3.54. The van der Waals surface area contributed by atoms with E-state index >= 15 is 0 Å². The molecule has 4 rings (SSSR count). The zero-order valence-corrected chi connectivity index (χ0v) is 17.1. The predicted octanol–water partition coefficient (Wildman–Crippen LogP) is 3.75. The van der Waals surface area contributed by atoms with E-state index in [-0.39, 0.29) is 12.4 Å². The third-order valence-corrected chi connectivity index (χ3v) is 5.05. The van der Waals surface area contributed by atoms with Crippen LogP contribution >= 0.6 is 11.3 Å².